The molecule has 1 N–H and O–H groups in total. The Morgan fingerprint density at radius 2 is 1.85 bits per heavy atom. The topological polar surface area (TPSA) is 67.9 Å². The van der Waals surface area contributed by atoms with Crippen LogP contribution in [0.5, 0.6) is 11.5 Å². The standard InChI is InChI=1S/C21H28N2O4/c1-14(2)15(3)22-21(25)17-8-10-23(11-9-17)20(24)7-5-16-4-6-18-19(12-16)27-13-26-18/h4-7,12,14-15,17H,8-11,13H2,1-3H3,(H,22,25)/b7-5+. The molecule has 1 aromatic rings. The van der Waals surface area contributed by atoms with E-state index in [0.717, 1.165) is 11.3 Å². The van der Waals surface area contributed by atoms with Crippen molar-refractivity contribution in [2.75, 3.05) is 19.9 Å². The molecule has 27 heavy (non-hydrogen) atoms. The zero-order valence-corrected chi connectivity index (χ0v) is 16.2. The van der Waals surface area contributed by atoms with Gasteiger partial charge in [-0.1, -0.05) is 19.9 Å². The molecule has 2 heterocycles. The van der Waals surface area contributed by atoms with Gasteiger partial charge in [-0.3, -0.25) is 9.59 Å². The molecule has 1 unspecified atom stereocenters. The Labute approximate surface area is 160 Å². The summed E-state index contributed by atoms with van der Waals surface area (Å²) in [5.74, 6) is 1.92. The van der Waals surface area contributed by atoms with Gasteiger partial charge >= 0.3 is 0 Å². The number of rotatable bonds is 5. The van der Waals surface area contributed by atoms with Crippen LogP contribution in [0, 0.1) is 11.8 Å². The third-order valence-electron chi connectivity index (χ3n) is 5.36. The van der Waals surface area contributed by atoms with Crippen molar-refractivity contribution in [2.24, 2.45) is 11.8 Å². The summed E-state index contributed by atoms with van der Waals surface area (Å²) < 4.78 is 10.6. The molecular weight excluding hydrogens is 344 g/mol. The van der Waals surface area contributed by atoms with E-state index in [1.54, 1.807) is 17.1 Å². The first-order valence-electron chi connectivity index (χ1n) is 9.61. The lowest BCUT2D eigenvalue weighted by Crippen LogP contribution is -2.45. The van der Waals surface area contributed by atoms with E-state index >= 15 is 0 Å². The lowest BCUT2D eigenvalue weighted by molar-refractivity contribution is -0.132. The third kappa shape index (κ3) is 4.81. The first kappa shape index (κ1) is 19.3. The highest BCUT2D eigenvalue weighted by molar-refractivity contribution is 5.92. The summed E-state index contributed by atoms with van der Waals surface area (Å²) in [7, 11) is 0. The number of piperidine rings is 1. The number of likely N-dealkylation sites (tertiary alicyclic amines) is 1. The highest BCUT2D eigenvalue weighted by Gasteiger charge is 2.27. The third-order valence-corrected chi connectivity index (χ3v) is 5.36. The summed E-state index contributed by atoms with van der Waals surface area (Å²) in [6.07, 6.45) is 4.78. The summed E-state index contributed by atoms with van der Waals surface area (Å²) in [5, 5.41) is 3.08. The summed E-state index contributed by atoms with van der Waals surface area (Å²) in [5.41, 5.74) is 0.893. The lowest BCUT2D eigenvalue weighted by atomic mass is 9.94. The van der Waals surface area contributed by atoms with Gasteiger partial charge in [0.2, 0.25) is 18.6 Å². The van der Waals surface area contributed by atoms with E-state index in [0.29, 0.717) is 37.6 Å². The van der Waals surface area contributed by atoms with E-state index in [9.17, 15) is 9.59 Å². The van der Waals surface area contributed by atoms with Crippen LogP contribution in [0.1, 0.15) is 39.2 Å². The number of benzene rings is 1. The molecule has 3 rings (SSSR count). The summed E-state index contributed by atoms with van der Waals surface area (Å²) in [6.45, 7) is 7.68. The molecule has 2 aliphatic rings. The van der Waals surface area contributed by atoms with Crippen molar-refractivity contribution in [3.63, 3.8) is 0 Å². The summed E-state index contributed by atoms with van der Waals surface area (Å²) in [4.78, 5) is 26.6. The molecule has 0 radical (unpaired) electrons. The molecule has 0 saturated carbocycles. The number of amides is 2. The second-order valence-electron chi connectivity index (χ2n) is 7.59. The molecule has 6 nitrogen and oxygen atoms in total. The van der Waals surface area contributed by atoms with Gasteiger partial charge in [0.25, 0.3) is 0 Å². The SMILES string of the molecule is CC(C)C(C)NC(=O)C1CCN(C(=O)/C=C/c2ccc3c(c2)OCO3)CC1. The Balaban J connectivity index is 1.49. The fourth-order valence-electron chi connectivity index (χ4n) is 3.16. The molecule has 0 aliphatic carbocycles. The minimum Gasteiger partial charge on any atom is -0.454 e. The van der Waals surface area contributed by atoms with Gasteiger partial charge in [-0.15, -0.1) is 0 Å². The van der Waals surface area contributed by atoms with Crippen LogP contribution in [0.15, 0.2) is 24.3 Å². The molecule has 0 spiro atoms. The molecule has 1 fully saturated rings. The van der Waals surface area contributed by atoms with Crippen LogP contribution in [-0.2, 0) is 9.59 Å². The van der Waals surface area contributed by atoms with Crippen LogP contribution >= 0.6 is 0 Å². The molecule has 146 valence electrons. The predicted octanol–water partition coefficient (Wildman–Crippen LogP) is 2.83. The molecule has 1 aromatic carbocycles. The first-order chi connectivity index (χ1) is 12.9. The first-order valence-corrected chi connectivity index (χ1v) is 9.61. The Bertz CT molecular complexity index is 721. The maximum Gasteiger partial charge on any atom is 0.246 e. The minimum absolute atomic E-state index is 0.00640. The van der Waals surface area contributed by atoms with E-state index in [2.05, 4.69) is 19.2 Å². The number of carbonyl (C=O) groups excluding carboxylic acids is 2. The fraction of sp³-hybridized carbons (Fsp3) is 0.524. The van der Waals surface area contributed by atoms with Gasteiger partial charge in [0.1, 0.15) is 0 Å². The van der Waals surface area contributed by atoms with Crippen LogP contribution in [-0.4, -0.2) is 42.6 Å². The number of hydrogen-bond acceptors (Lipinski definition) is 4. The van der Waals surface area contributed by atoms with Crippen LogP contribution in [0.25, 0.3) is 6.08 Å². The molecule has 1 saturated heterocycles. The Morgan fingerprint density at radius 3 is 2.56 bits per heavy atom. The van der Waals surface area contributed by atoms with Crippen molar-refractivity contribution in [1.29, 1.82) is 0 Å². The fourth-order valence-corrected chi connectivity index (χ4v) is 3.16. The molecule has 1 atom stereocenters. The van der Waals surface area contributed by atoms with Crippen molar-refractivity contribution < 1.29 is 19.1 Å². The van der Waals surface area contributed by atoms with Crippen LogP contribution < -0.4 is 14.8 Å². The van der Waals surface area contributed by atoms with E-state index in [4.69, 9.17) is 9.47 Å². The highest BCUT2D eigenvalue weighted by Crippen LogP contribution is 2.32. The number of fused-ring (bicyclic) bond motifs is 1. The largest absolute Gasteiger partial charge is 0.454 e. The number of nitrogens with one attached hydrogen (secondary N) is 1. The maximum atomic E-state index is 12.4. The Hall–Kier alpha value is -2.50. The lowest BCUT2D eigenvalue weighted by Gasteiger charge is -2.31. The van der Waals surface area contributed by atoms with Crippen molar-refractivity contribution >= 4 is 17.9 Å². The molecular formula is C21H28N2O4. The second-order valence-corrected chi connectivity index (χ2v) is 7.59. The number of carbonyl (C=O) groups is 2. The molecule has 6 heteroatoms. The van der Waals surface area contributed by atoms with Gasteiger partial charge < -0.3 is 19.7 Å². The zero-order valence-electron chi connectivity index (χ0n) is 16.2. The monoisotopic (exact) mass is 372 g/mol. The van der Waals surface area contributed by atoms with Crippen LogP contribution in [0.4, 0.5) is 0 Å². The average Bonchev–Trinajstić information content (AvgIpc) is 3.13. The summed E-state index contributed by atoms with van der Waals surface area (Å²) in [6, 6.07) is 5.76. The van der Waals surface area contributed by atoms with Gasteiger partial charge in [-0.25, -0.2) is 0 Å². The Morgan fingerprint density at radius 1 is 1.15 bits per heavy atom. The normalized spacial score (nSPS) is 18.1. The van der Waals surface area contributed by atoms with Crippen molar-refractivity contribution in [1.82, 2.24) is 10.2 Å². The Kier molecular flexibility index (Phi) is 6.04. The number of hydrogen-bond donors (Lipinski definition) is 1. The molecule has 2 aliphatic heterocycles. The zero-order chi connectivity index (χ0) is 19.4. The van der Waals surface area contributed by atoms with Crippen LogP contribution in [0.3, 0.4) is 0 Å². The van der Waals surface area contributed by atoms with Crippen molar-refractivity contribution in [3.8, 4) is 11.5 Å². The van der Waals surface area contributed by atoms with E-state index in [-0.39, 0.29) is 30.6 Å². The number of ether oxygens (including phenoxy) is 2. The van der Waals surface area contributed by atoms with E-state index in [1.165, 1.54) is 0 Å². The second kappa shape index (κ2) is 8.46. The van der Waals surface area contributed by atoms with E-state index < -0.39 is 0 Å². The minimum atomic E-state index is -0.0259. The van der Waals surface area contributed by atoms with Gasteiger partial charge in [0, 0.05) is 31.1 Å². The van der Waals surface area contributed by atoms with Crippen LogP contribution in [0.2, 0.25) is 0 Å². The average molecular weight is 372 g/mol. The quantitative estimate of drug-likeness (QED) is 0.807. The molecule has 0 aromatic heterocycles. The van der Waals surface area contributed by atoms with Gasteiger partial charge in [0.05, 0.1) is 0 Å². The van der Waals surface area contributed by atoms with Crippen molar-refractivity contribution in [2.45, 2.75) is 39.7 Å². The molecule has 2 amide bonds. The van der Waals surface area contributed by atoms with E-state index in [1.807, 2.05) is 25.1 Å². The smallest absolute Gasteiger partial charge is 0.246 e. The predicted molar refractivity (Wildman–Crippen MR) is 103 cm³/mol. The summed E-state index contributed by atoms with van der Waals surface area (Å²) >= 11 is 0. The van der Waals surface area contributed by atoms with Crippen molar-refractivity contribution in [3.05, 3.63) is 29.8 Å². The number of nitrogens with zero attached hydrogens (tertiary/aromatic N) is 1. The highest BCUT2D eigenvalue weighted by atomic mass is 16.7. The van der Waals surface area contributed by atoms with Gasteiger partial charge in [0.15, 0.2) is 11.5 Å². The van der Waals surface area contributed by atoms with Gasteiger partial charge in [-0.2, -0.15) is 0 Å². The maximum absolute atomic E-state index is 12.4. The molecule has 0 bridgehead atoms. The van der Waals surface area contributed by atoms with Gasteiger partial charge in [-0.05, 0) is 49.5 Å².